The van der Waals surface area contributed by atoms with Crippen molar-refractivity contribution in [2.24, 2.45) is 5.73 Å². The Labute approximate surface area is 123 Å². The van der Waals surface area contributed by atoms with E-state index < -0.39 is 0 Å². The molecule has 0 saturated carbocycles. The largest absolute Gasteiger partial charge is 0.368 e. The van der Waals surface area contributed by atoms with Crippen LogP contribution in [0.1, 0.15) is 6.92 Å². The number of anilines is 1. The van der Waals surface area contributed by atoms with Crippen LogP contribution in [0.5, 0.6) is 0 Å². The number of aromatic nitrogens is 2. The minimum absolute atomic E-state index is 0.214. The third-order valence-electron chi connectivity index (χ3n) is 4.10. The highest BCUT2D eigenvalue weighted by molar-refractivity contribution is 5.89. The molecule has 110 valence electrons. The highest BCUT2D eigenvalue weighted by atomic mass is 16.1. The molecule has 0 spiro atoms. The van der Waals surface area contributed by atoms with Crippen LogP contribution in [0.25, 0.3) is 10.9 Å². The number of hydrogen-bond donors (Lipinski definition) is 1. The zero-order valence-corrected chi connectivity index (χ0v) is 12.1. The topological polar surface area (TPSA) is 75.4 Å². The molecular weight excluding hydrogens is 266 g/mol. The number of para-hydroxylation sites is 1. The molecule has 1 aliphatic rings. The highest BCUT2D eigenvalue weighted by Gasteiger charge is 2.25. The Morgan fingerprint density at radius 2 is 1.90 bits per heavy atom. The van der Waals surface area contributed by atoms with Crippen molar-refractivity contribution in [2.45, 2.75) is 13.0 Å². The zero-order valence-electron chi connectivity index (χ0n) is 12.1. The number of piperazine rings is 1. The molecule has 1 atom stereocenters. The van der Waals surface area contributed by atoms with E-state index in [1.165, 1.54) is 0 Å². The molecule has 0 aliphatic carbocycles. The number of carbonyl (C=O) groups excluding carboxylic acids is 1. The van der Waals surface area contributed by atoms with E-state index in [0.717, 1.165) is 42.9 Å². The second-order valence-corrected chi connectivity index (χ2v) is 5.32. The normalized spacial score (nSPS) is 17.9. The van der Waals surface area contributed by atoms with Crippen LogP contribution in [0.3, 0.4) is 0 Å². The highest BCUT2D eigenvalue weighted by Crippen LogP contribution is 2.23. The van der Waals surface area contributed by atoms with Crippen LogP contribution in [0, 0.1) is 0 Å². The molecule has 1 aromatic carbocycles. The van der Waals surface area contributed by atoms with Crippen molar-refractivity contribution in [3.8, 4) is 0 Å². The lowest BCUT2D eigenvalue weighted by atomic mass is 10.2. The van der Waals surface area contributed by atoms with E-state index in [-0.39, 0.29) is 11.9 Å². The van der Waals surface area contributed by atoms with E-state index in [2.05, 4.69) is 19.8 Å². The quantitative estimate of drug-likeness (QED) is 0.895. The maximum atomic E-state index is 11.3. The van der Waals surface area contributed by atoms with Gasteiger partial charge in [-0.25, -0.2) is 9.97 Å². The molecule has 1 aromatic heterocycles. The fourth-order valence-corrected chi connectivity index (χ4v) is 2.74. The number of rotatable bonds is 3. The van der Waals surface area contributed by atoms with Crippen LogP contribution < -0.4 is 10.6 Å². The van der Waals surface area contributed by atoms with Crippen LogP contribution in [0.2, 0.25) is 0 Å². The number of primary amides is 1. The summed E-state index contributed by atoms with van der Waals surface area (Å²) in [5.74, 6) is 0.697. The molecule has 2 N–H and O–H groups in total. The van der Waals surface area contributed by atoms with Gasteiger partial charge in [0.2, 0.25) is 5.91 Å². The van der Waals surface area contributed by atoms with Gasteiger partial charge in [-0.15, -0.1) is 0 Å². The predicted molar refractivity (Wildman–Crippen MR) is 82.0 cm³/mol. The summed E-state index contributed by atoms with van der Waals surface area (Å²) in [6.45, 7) is 5.14. The van der Waals surface area contributed by atoms with Gasteiger partial charge in [-0.3, -0.25) is 9.69 Å². The maximum Gasteiger partial charge on any atom is 0.234 e. The predicted octanol–water partition coefficient (Wildman–Crippen LogP) is 0.626. The summed E-state index contributed by atoms with van der Waals surface area (Å²) in [7, 11) is 0. The third-order valence-corrected chi connectivity index (χ3v) is 4.10. The standard InChI is InChI=1S/C15H19N5O/c1-11(14(16)21)19-6-8-20(9-7-19)15-12-4-2-3-5-13(12)17-10-18-15/h2-5,10-11H,6-9H2,1H3,(H2,16,21). The number of amides is 1. The lowest BCUT2D eigenvalue weighted by Crippen LogP contribution is -2.53. The fourth-order valence-electron chi connectivity index (χ4n) is 2.74. The summed E-state index contributed by atoms with van der Waals surface area (Å²) in [5, 5.41) is 1.07. The molecule has 2 aromatic rings. The first kappa shape index (κ1) is 13.8. The van der Waals surface area contributed by atoms with Gasteiger partial charge in [-0.05, 0) is 19.1 Å². The first-order valence-corrected chi connectivity index (χ1v) is 7.15. The molecule has 2 heterocycles. The van der Waals surface area contributed by atoms with E-state index in [9.17, 15) is 4.79 Å². The lowest BCUT2D eigenvalue weighted by Gasteiger charge is -2.37. The summed E-state index contributed by atoms with van der Waals surface area (Å²) >= 11 is 0. The summed E-state index contributed by atoms with van der Waals surface area (Å²) < 4.78 is 0. The Hall–Kier alpha value is -2.21. The van der Waals surface area contributed by atoms with Crippen molar-refractivity contribution in [3.63, 3.8) is 0 Å². The Kier molecular flexibility index (Phi) is 3.70. The Morgan fingerprint density at radius 1 is 1.19 bits per heavy atom. The number of nitrogens with two attached hydrogens (primary N) is 1. The van der Waals surface area contributed by atoms with Crippen LogP contribution in [-0.4, -0.2) is 53.0 Å². The van der Waals surface area contributed by atoms with Gasteiger partial charge in [0, 0.05) is 31.6 Å². The van der Waals surface area contributed by atoms with Crippen molar-refractivity contribution in [2.75, 3.05) is 31.1 Å². The smallest absolute Gasteiger partial charge is 0.234 e. The molecular formula is C15H19N5O. The summed E-state index contributed by atoms with van der Waals surface area (Å²) in [5.41, 5.74) is 6.33. The van der Waals surface area contributed by atoms with Gasteiger partial charge < -0.3 is 10.6 Å². The van der Waals surface area contributed by atoms with Gasteiger partial charge in [-0.1, -0.05) is 12.1 Å². The lowest BCUT2D eigenvalue weighted by molar-refractivity contribution is -0.122. The van der Waals surface area contributed by atoms with Gasteiger partial charge in [-0.2, -0.15) is 0 Å². The van der Waals surface area contributed by atoms with Crippen LogP contribution in [0.4, 0.5) is 5.82 Å². The molecule has 6 nitrogen and oxygen atoms in total. The van der Waals surface area contributed by atoms with Gasteiger partial charge in [0.15, 0.2) is 0 Å². The first-order chi connectivity index (χ1) is 10.2. The van der Waals surface area contributed by atoms with Crippen molar-refractivity contribution < 1.29 is 4.79 Å². The van der Waals surface area contributed by atoms with Crippen LogP contribution in [0.15, 0.2) is 30.6 Å². The summed E-state index contributed by atoms with van der Waals surface area (Å²) in [6, 6.07) is 7.80. The molecule has 0 bridgehead atoms. The number of hydrogen-bond acceptors (Lipinski definition) is 5. The molecule has 6 heteroatoms. The van der Waals surface area contributed by atoms with E-state index in [1.54, 1.807) is 6.33 Å². The monoisotopic (exact) mass is 285 g/mol. The first-order valence-electron chi connectivity index (χ1n) is 7.15. The second kappa shape index (κ2) is 5.65. The minimum Gasteiger partial charge on any atom is -0.368 e. The SMILES string of the molecule is CC(C(N)=O)N1CCN(c2ncnc3ccccc23)CC1. The average molecular weight is 285 g/mol. The van der Waals surface area contributed by atoms with Gasteiger partial charge in [0.05, 0.1) is 11.6 Å². The molecule has 1 amide bonds. The van der Waals surface area contributed by atoms with Crippen LogP contribution >= 0.6 is 0 Å². The van der Waals surface area contributed by atoms with E-state index in [0.29, 0.717) is 0 Å². The molecule has 1 fully saturated rings. The maximum absolute atomic E-state index is 11.3. The Morgan fingerprint density at radius 3 is 2.62 bits per heavy atom. The summed E-state index contributed by atoms with van der Waals surface area (Å²) in [4.78, 5) is 24.4. The molecule has 3 rings (SSSR count). The number of nitrogens with zero attached hydrogens (tertiary/aromatic N) is 4. The van der Waals surface area contributed by atoms with Crippen molar-refractivity contribution in [1.29, 1.82) is 0 Å². The Balaban J connectivity index is 1.79. The van der Waals surface area contributed by atoms with Gasteiger partial charge in [0.1, 0.15) is 12.1 Å². The average Bonchev–Trinajstić information content (AvgIpc) is 2.53. The number of carbonyl (C=O) groups is 1. The molecule has 21 heavy (non-hydrogen) atoms. The number of fused-ring (bicyclic) bond motifs is 1. The molecule has 1 unspecified atom stereocenters. The summed E-state index contributed by atoms with van der Waals surface area (Å²) in [6.07, 6.45) is 1.61. The number of benzene rings is 1. The Bertz CT molecular complexity index is 646. The third kappa shape index (κ3) is 2.67. The van der Waals surface area contributed by atoms with Gasteiger partial charge >= 0.3 is 0 Å². The minimum atomic E-state index is -0.268. The van der Waals surface area contributed by atoms with Crippen molar-refractivity contribution >= 4 is 22.6 Å². The van der Waals surface area contributed by atoms with Crippen LogP contribution in [-0.2, 0) is 4.79 Å². The fraction of sp³-hybridized carbons (Fsp3) is 0.400. The zero-order chi connectivity index (χ0) is 14.8. The van der Waals surface area contributed by atoms with Crippen molar-refractivity contribution in [1.82, 2.24) is 14.9 Å². The van der Waals surface area contributed by atoms with E-state index in [4.69, 9.17) is 5.73 Å². The second-order valence-electron chi connectivity index (χ2n) is 5.32. The van der Waals surface area contributed by atoms with Gasteiger partial charge in [0.25, 0.3) is 0 Å². The van der Waals surface area contributed by atoms with E-state index in [1.807, 2.05) is 31.2 Å². The molecule has 0 radical (unpaired) electrons. The van der Waals surface area contributed by atoms with E-state index >= 15 is 0 Å². The van der Waals surface area contributed by atoms with Crippen molar-refractivity contribution in [3.05, 3.63) is 30.6 Å². The molecule has 1 saturated heterocycles. The molecule has 1 aliphatic heterocycles.